The Balaban J connectivity index is 1.27. The summed E-state index contributed by atoms with van der Waals surface area (Å²) < 4.78 is 0. The monoisotopic (exact) mass is 734 g/mol. The Bertz CT molecular complexity index is 2540. The Morgan fingerprint density at radius 2 is 0.474 bits per heavy atom. The van der Waals surface area contributed by atoms with Gasteiger partial charge in [0.2, 0.25) is 0 Å². The summed E-state index contributed by atoms with van der Waals surface area (Å²) in [5, 5.41) is 0. The third kappa shape index (κ3) is 5.54. The van der Waals surface area contributed by atoms with Crippen molar-refractivity contribution in [1.82, 2.24) is 0 Å². The highest BCUT2D eigenvalue weighted by Crippen LogP contribution is 2.64. The van der Waals surface area contributed by atoms with E-state index in [9.17, 15) is 0 Å². The van der Waals surface area contributed by atoms with Crippen molar-refractivity contribution in [1.29, 1.82) is 0 Å². The topological polar surface area (TPSA) is 6.48 Å². The first-order valence-corrected chi connectivity index (χ1v) is 20.1. The van der Waals surface area contributed by atoms with Gasteiger partial charge in [0.25, 0.3) is 0 Å². The van der Waals surface area contributed by atoms with Gasteiger partial charge < -0.3 is 9.80 Å². The van der Waals surface area contributed by atoms with E-state index in [1.807, 2.05) is 0 Å². The maximum atomic E-state index is 2.50. The molecule has 8 aromatic rings. The number of aryl methyl sites for hydroxylation is 6. The van der Waals surface area contributed by atoms with Crippen molar-refractivity contribution in [2.24, 2.45) is 0 Å². The molecular weight excluding hydrogens is 689 g/mol. The molecule has 0 unspecified atom stereocenters. The lowest BCUT2D eigenvalue weighted by molar-refractivity contribution is 0.791. The van der Waals surface area contributed by atoms with Crippen molar-refractivity contribution < 1.29 is 0 Å². The second-order valence-corrected chi connectivity index (χ2v) is 16.3. The lowest BCUT2D eigenvalue weighted by atomic mass is 9.70. The van der Waals surface area contributed by atoms with Crippen LogP contribution >= 0.6 is 0 Å². The predicted octanol–water partition coefficient (Wildman–Crippen LogP) is 14.8. The molecule has 2 heteroatoms. The highest BCUT2D eigenvalue weighted by atomic mass is 15.1. The molecule has 2 aliphatic carbocycles. The van der Waals surface area contributed by atoms with Gasteiger partial charge in [-0.1, -0.05) is 130 Å². The number of rotatable bonds is 6. The van der Waals surface area contributed by atoms with E-state index in [4.69, 9.17) is 0 Å². The second-order valence-electron chi connectivity index (χ2n) is 16.3. The van der Waals surface area contributed by atoms with E-state index in [1.54, 1.807) is 0 Å². The van der Waals surface area contributed by atoms with Crippen molar-refractivity contribution in [3.05, 3.63) is 225 Å². The Kier molecular flexibility index (Phi) is 8.09. The van der Waals surface area contributed by atoms with Crippen LogP contribution in [0.25, 0.3) is 22.3 Å². The number of anilines is 6. The number of hydrogen-bond acceptors (Lipinski definition) is 2. The van der Waals surface area contributed by atoms with E-state index in [0.717, 1.165) is 34.1 Å². The SMILES string of the molecule is Cc1ccc(N(c2ccc(C)cc2)c2ccc3c(c2)C2(c4cc(C)ccc4-c4ccc(C)cc42)c2cc(N(c4ccc(C)cc4)c4ccc(C)cc4)ccc2-3)cc1. The van der Waals surface area contributed by atoms with Crippen LogP contribution in [0.5, 0.6) is 0 Å². The number of nitrogens with zero attached hydrogens (tertiary/aromatic N) is 2. The molecule has 0 fully saturated rings. The van der Waals surface area contributed by atoms with Gasteiger partial charge in [-0.25, -0.2) is 0 Å². The minimum Gasteiger partial charge on any atom is -0.310 e. The van der Waals surface area contributed by atoms with Crippen LogP contribution in [0.15, 0.2) is 170 Å². The van der Waals surface area contributed by atoms with E-state index in [2.05, 4.69) is 221 Å². The summed E-state index contributed by atoms with van der Waals surface area (Å²) in [6, 6.07) is 64.3. The average molecular weight is 735 g/mol. The molecule has 0 heterocycles. The predicted molar refractivity (Wildman–Crippen MR) is 241 cm³/mol. The molecule has 0 radical (unpaired) electrons. The van der Waals surface area contributed by atoms with Crippen molar-refractivity contribution in [2.75, 3.05) is 9.80 Å². The van der Waals surface area contributed by atoms with Crippen molar-refractivity contribution in [3.63, 3.8) is 0 Å². The number of hydrogen-bond donors (Lipinski definition) is 0. The standard InChI is InChI=1S/C55H46N2/c1-35-7-17-41(18-8-35)56(42-19-9-36(2)10-20-42)45-25-29-49-50-30-26-46(57(43-21-11-37(3)12-22-43)44-23-13-38(4)14-24-44)34-54(50)55(53(49)33-45)51-31-39(5)15-27-47(51)48-28-16-40(6)32-52(48)55/h7-34H,1-6H3. The first-order valence-electron chi connectivity index (χ1n) is 20.1. The Hall–Kier alpha value is -6.64. The molecule has 10 rings (SSSR count). The van der Waals surface area contributed by atoms with Crippen LogP contribution in [0.2, 0.25) is 0 Å². The molecule has 0 aromatic heterocycles. The highest BCUT2D eigenvalue weighted by molar-refractivity contribution is 5.98. The quantitative estimate of drug-likeness (QED) is 0.168. The largest absolute Gasteiger partial charge is 0.310 e. The van der Waals surface area contributed by atoms with Gasteiger partial charge in [0.15, 0.2) is 0 Å². The van der Waals surface area contributed by atoms with Gasteiger partial charge in [0, 0.05) is 34.1 Å². The average Bonchev–Trinajstić information content (AvgIpc) is 3.66. The van der Waals surface area contributed by atoms with Crippen LogP contribution in [0.3, 0.4) is 0 Å². The van der Waals surface area contributed by atoms with Crippen LogP contribution in [-0.4, -0.2) is 0 Å². The van der Waals surface area contributed by atoms with Gasteiger partial charge in [-0.2, -0.15) is 0 Å². The van der Waals surface area contributed by atoms with Crippen LogP contribution in [0.4, 0.5) is 34.1 Å². The minimum absolute atomic E-state index is 0.530. The van der Waals surface area contributed by atoms with Gasteiger partial charge >= 0.3 is 0 Å². The molecule has 0 atom stereocenters. The van der Waals surface area contributed by atoms with E-state index in [1.165, 1.54) is 77.9 Å². The Morgan fingerprint density at radius 3 is 0.772 bits per heavy atom. The zero-order valence-electron chi connectivity index (χ0n) is 33.6. The summed E-state index contributed by atoms with van der Waals surface area (Å²) in [5.74, 6) is 0. The number of fused-ring (bicyclic) bond motifs is 10. The minimum atomic E-state index is -0.530. The molecule has 8 aromatic carbocycles. The van der Waals surface area contributed by atoms with Crippen molar-refractivity contribution in [3.8, 4) is 22.3 Å². The third-order valence-electron chi connectivity index (χ3n) is 12.2. The fourth-order valence-electron chi connectivity index (χ4n) is 9.38. The lowest BCUT2D eigenvalue weighted by Crippen LogP contribution is -2.27. The van der Waals surface area contributed by atoms with Gasteiger partial charge in [-0.15, -0.1) is 0 Å². The van der Waals surface area contributed by atoms with E-state index >= 15 is 0 Å². The molecule has 0 amide bonds. The van der Waals surface area contributed by atoms with Crippen LogP contribution in [-0.2, 0) is 5.41 Å². The molecule has 2 nitrogen and oxygen atoms in total. The Morgan fingerprint density at radius 1 is 0.246 bits per heavy atom. The van der Waals surface area contributed by atoms with Crippen molar-refractivity contribution >= 4 is 34.1 Å². The zero-order chi connectivity index (χ0) is 39.0. The van der Waals surface area contributed by atoms with E-state index in [-0.39, 0.29) is 0 Å². The smallest absolute Gasteiger partial charge is 0.0727 e. The van der Waals surface area contributed by atoms with Gasteiger partial charge in [-0.3, -0.25) is 0 Å². The normalized spacial score (nSPS) is 12.9. The molecule has 57 heavy (non-hydrogen) atoms. The third-order valence-corrected chi connectivity index (χ3v) is 12.2. The summed E-state index contributed by atoms with van der Waals surface area (Å²) in [5.41, 5.74) is 24.4. The molecule has 1 spiro atoms. The summed E-state index contributed by atoms with van der Waals surface area (Å²) in [6.45, 7) is 13.1. The second kappa shape index (κ2) is 13.2. The highest BCUT2D eigenvalue weighted by Gasteiger charge is 2.52. The summed E-state index contributed by atoms with van der Waals surface area (Å²) >= 11 is 0. The van der Waals surface area contributed by atoms with Gasteiger partial charge in [0.05, 0.1) is 5.41 Å². The fourth-order valence-corrected chi connectivity index (χ4v) is 9.38. The molecule has 2 aliphatic rings. The molecule has 0 N–H and O–H groups in total. The van der Waals surface area contributed by atoms with Crippen LogP contribution in [0.1, 0.15) is 55.6 Å². The molecular formula is C55H46N2. The van der Waals surface area contributed by atoms with Crippen LogP contribution < -0.4 is 9.80 Å². The first kappa shape index (κ1) is 34.8. The summed E-state index contributed by atoms with van der Waals surface area (Å²) in [4.78, 5) is 4.84. The maximum Gasteiger partial charge on any atom is 0.0727 e. The summed E-state index contributed by atoms with van der Waals surface area (Å²) in [7, 11) is 0. The first-order chi connectivity index (χ1) is 27.7. The van der Waals surface area contributed by atoms with Crippen LogP contribution in [0, 0.1) is 41.5 Å². The van der Waals surface area contributed by atoms with E-state index < -0.39 is 5.41 Å². The lowest BCUT2D eigenvalue weighted by Gasteiger charge is -2.33. The van der Waals surface area contributed by atoms with Gasteiger partial charge in [0.1, 0.15) is 0 Å². The molecule has 0 saturated carbocycles. The maximum absolute atomic E-state index is 2.50. The zero-order valence-corrected chi connectivity index (χ0v) is 33.6. The number of benzene rings is 8. The van der Waals surface area contributed by atoms with Gasteiger partial charge in [-0.05, 0) is 159 Å². The molecule has 0 aliphatic heterocycles. The molecule has 0 bridgehead atoms. The molecule has 276 valence electrons. The van der Waals surface area contributed by atoms with Crippen molar-refractivity contribution in [2.45, 2.75) is 47.0 Å². The Labute approximate surface area is 337 Å². The van der Waals surface area contributed by atoms with E-state index in [0.29, 0.717) is 0 Å². The molecule has 0 saturated heterocycles. The fraction of sp³-hybridized carbons (Fsp3) is 0.127. The summed E-state index contributed by atoms with van der Waals surface area (Å²) in [6.07, 6.45) is 0.